The Balaban J connectivity index is 1.78. The van der Waals surface area contributed by atoms with E-state index < -0.39 is 10.0 Å². The Morgan fingerprint density at radius 1 is 1.43 bits per heavy atom. The van der Waals surface area contributed by atoms with E-state index in [-0.39, 0.29) is 18.9 Å². The first kappa shape index (κ1) is 15.3. The Morgan fingerprint density at radius 3 is 2.90 bits per heavy atom. The molecule has 9 heteroatoms. The van der Waals surface area contributed by atoms with Crippen molar-refractivity contribution in [3.63, 3.8) is 0 Å². The zero-order valence-corrected chi connectivity index (χ0v) is 12.4. The fraction of sp³-hybridized carbons (Fsp3) is 0.333. The maximum Gasteiger partial charge on any atom is 0.215 e. The van der Waals surface area contributed by atoms with E-state index in [9.17, 15) is 8.42 Å². The van der Waals surface area contributed by atoms with Gasteiger partial charge < -0.3 is 10.5 Å². The van der Waals surface area contributed by atoms with Crippen LogP contribution in [0.5, 0.6) is 5.75 Å². The number of nitrogens with zero attached hydrogens (tertiary/aromatic N) is 3. The van der Waals surface area contributed by atoms with Gasteiger partial charge >= 0.3 is 0 Å². The third kappa shape index (κ3) is 5.04. The van der Waals surface area contributed by atoms with Crippen molar-refractivity contribution in [2.75, 3.05) is 18.1 Å². The average Bonchev–Trinajstić information content (AvgIpc) is 2.82. The molecule has 0 amide bonds. The van der Waals surface area contributed by atoms with E-state index in [1.165, 1.54) is 11.0 Å². The summed E-state index contributed by atoms with van der Waals surface area (Å²) < 4.78 is 32.8. The molecule has 0 saturated heterocycles. The van der Waals surface area contributed by atoms with E-state index in [0.29, 0.717) is 17.3 Å². The van der Waals surface area contributed by atoms with E-state index in [2.05, 4.69) is 14.8 Å². The predicted octanol–water partition coefficient (Wildman–Crippen LogP) is -0.104. The number of nitrogens with two attached hydrogens (primary N) is 1. The van der Waals surface area contributed by atoms with Gasteiger partial charge in [0, 0.05) is 18.8 Å². The normalized spacial score (nSPS) is 11.5. The highest BCUT2D eigenvalue weighted by Gasteiger charge is 2.11. The maximum absolute atomic E-state index is 11.8. The smallest absolute Gasteiger partial charge is 0.215 e. The summed E-state index contributed by atoms with van der Waals surface area (Å²) in [5.41, 5.74) is 6.17. The summed E-state index contributed by atoms with van der Waals surface area (Å²) in [5, 5.41) is 3.98. The number of nitrogen functional groups attached to an aromatic ring is 1. The van der Waals surface area contributed by atoms with Gasteiger partial charge in [-0.3, -0.25) is 4.68 Å². The molecule has 2 rings (SSSR count). The average molecular weight is 311 g/mol. The second kappa shape index (κ2) is 6.55. The van der Waals surface area contributed by atoms with Crippen LogP contribution < -0.4 is 15.2 Å². The van der Waals surface area contributed by atoms with Crippen molar-refractivity contribution >= 4 is 15.7 Å². The second-order valence-electron chi connectivity index (χ2n) is 4.40. The number of anilines is 1. The molecule has 114 valence electrons. The second-order valence-corrected chi connectivity index (χ2v) is 6.32. The first-order chi connectivity index (χ1) is 9.94. The number of ether oxygens (including phenoxy) is 1. The van der Waals surface area contributed by atoms with Gasteiger partial charge in [-0.1, -0.05) is 6.07 Å². The van der Waals surface area contributed by atoms with Crippen LogP contribution in [0.1, 0.15) is 5.82 Å². The van der Waals surface area contributed by atoms with Gasteiger partial charge in [-0.15, -0.1) is 0 Å². The number of rotatable bonds is 7. The van der Waals surface area contributed by atoms with Crippen LogP contribution in [0.25, 0.3) is 0 Å². The van der Waals surface area contributed by atoms with Gasteiger partial charge in [0.15, 0.2) is 5.82 Å². The number of sulfonamides is 1. The zero-order chi connectivity index (χ0) is 15.3. The number of aryl methyl sites for hydroxylation is 1. The number of nitrogens with one attached hydrogen (secondary N) is 1. The standard InChI is InChI=1S/C12H17N5O3S/c1-17-9-14-12(16-17)8-15-21(18,19)6-5-20-11-4-2-3-10(13)7-11/h2-4,7,9,15H,5-6,8,13H2,1H3. The Morgan fingerprint density at radius 2 is 2.24 bits per heavy atom. The van der Waals surface area contributed by atoms with E-state index in [1.54, 1.807) is 31.3 Å². The summed E-state index contributed by atoms with van der Waals surface area (Å²) in [6.45, 7) is 0.0931. The molecule has 21 heavy (non-hydrogen) atoms. The highest BCUT2D eigenvalue weighted by molar-refractivity contribution is 7.89. The van der Waals surface area contributed by atoms with Crippen LogP contribution >= 0.6 is 0 Å². The first-order valence-corrected chi connectivity index (χ1v) is 7.90. The Bertz CT molecular complexity index is 698. The molecule has 0 spiro atoms. The largest absolute Gasteiger partial charge is 0.492 e. The zero-order valence-electron chi connectivity index (χ0n) is 11.6. The summed E-state index contributed by atoms with van der Waals surface area (Å²) in [5.74, 6) is 0.795. The first-order valence-electron chi connectivity index (χ1n) is 6.25. The minimum absolute atomic E-state index is 0.0361. The van der Waals surface area contributed by atoms with E-state index in [1.807, 2.05) is 0 Å². The number of hydrogen-bond acceptors (Lipinski definition) is 6. The lowest BCUT2D eigenvalue weighted by atomic mass is 10.3. The Hall–Kier alpha value is -2.13. The molecule has 0 saturated carbocycles. The SMILES string of the molecule is Cn1cnc(CNS(=O)(=O)CCOc2cccc(N)c2)n1. The van der Waals surface area contributed by atoms with Crippen LogP contribution in [0.15, 0.2) is 30.6 Å². The van der Waals surface area contributed by atoms with Crippen LogP contribution in [0, 0.1) is 0 Å². The van der Waals surface area contributed by atoms with Crippen molar-refractivity contribution in [2.24, 2.45) is 7.05 Å². The van der Waals surface area contributed by atoms with Crippen LogP contribution in [-0.4, -0.2) is 35.5 Å². The molecule has 1 aromatic heterocycles. The molecule has 0 aliphatic heterocycles. The van der Waals surface area contributed by atoms with Gasteiger partial charge in [-0.2, -0.15) is 5.10 Å². The van der Waals surface area contributed by atoms with E-state index in [0.717, 1.165) is 0 Å². The summed E-state index contributed by atoms with van der Waals surface area (Å²) in [7, 11) is -1.73. The van der Waals surface area contributed by atoms with Crippen molar-refractivity contribution in [2.45, 2.75) is 6.54 Å². The molecule has 0 fully saturated rings. The molecule has 0 atom stereocenters. The third-order valence-corrected chi connectivity index (χ3v) is 3.86. The molecule has 0 aliphatic rings. The van der Waals surface area contributed by atoms with Crippen molar-refractivity contribution in [3.8, 4) is 5.75 Å². The quantitative estimate of drug-likeness (QED) is 0.690. The summed E-state index contributed by atoms with van der Waals surface area (Å²) in [6, 6.07) is 6.82. The number of hydrogen-bond donors (Lipinski definition) is 2. The maximum atomic E-state index is 11.8. The topological polar surface area (TPSA) is 112 Å². The predicted molar refractivity (Wildman–Crippen MR) is 78.0 cm³/mol. The fourth-order valence-corrected chi connectivity index (χ4v) is 2.38. The molecular weight excluding hydrogens is 294 g/mol. The minimum Gasteiger partial charge on any atom is -0.492 e. The lowest BCUT2D eigenvalue weighted by Crippen LogP contribution is -2.29. The minimum atomic E-state index is -3.45. The van der Waals surface area contributed by atoms with Crippen LogP contribution in [0.4, 0.5) is 5.69 Å². The van der Waals surface area contributed by atoms with Crippen molar-refractivity contribution in [1.82, 2.24) is 19.5 Å². The highest BCUT2D eigenvalue weighted by Crippen LogP contribution is 2.14. The van der Waals surface area contributed by atoms with Gasteiger partial charge in [-0.05, 0) is 12.1 Å². The van der Waals surface area contributed by atoms with Gasteiger partial charge in [0.1, 0.15) is 18.7 Å². The lowest BCUT2D eigenvalue weighted by Gasteiger charge is -2.08. The van der Waals surface area contributed by atoms with Crippen LogP contribution in [0.3, 0.4) is 0 Å². The number of benzene rings is 1. The fourth-order valence-electron chi connectivity index (χ4n) is 1.59. The summed E-state index contributed by atoms with van der Waals surface area (Å²) in [6.07, 6.45) is 1.51. The molecular formula is C12H17N5O3S. The van der Waals surface area contributed by atoms with Crippen molar-refractivity contribution < 1.29 is 13.2 Å². The monoisotopic (exact) mass is 311 g/mol. The van der Waals surface area contributed by atoms with Crippen molar-refractivity contribution in [3.05, 3.63) is 36.4 Å². The van der Waals surface area contributed by atoms with Gasteiger partial charge in [0.2, 0.25) is 10.0 Å². The van der Waals surface area contributed by atoms with E-state index in [4.69, 9.17) is 10.5 Å². The number of aromatic nitrogens is 3. The Labute approximate surface area is 123 Å². The summed E-state index contributed by atoms with van der Waals surface area (Å²) in [4.78, 5) is 3.94. The van der Waals surface area contributed by atoms with Gasteiger partial charge in [0.25, 0.3) is 0 Å². The molecule has 2 aromatic rings. The molecule has 0 radical (unpaired) electrons. The lowest BCUT2D eigenvalue weighted by molar-refractivity contribution is 0.340. The molecule has 1 heterocycles. The molecule has 0 unspecified atom stereocenters. The highest BCUT2D eigenvalue weighted by atomic mass is 32.2. The molecule has 1 aromatic carbocycles. The van der Waals surface area contributed by atoms with Crippen LogP contribution in [-0.2, 0) is 23.6 Å². The van der Waals surface area contributed by atoms with Gasteiger partial charge in [-0.25, -0.2) is 18.1 Å². The molecule has 8 nitrogen and oxygen atoms in total. The van der Waals surface area contributed by atoms with Crippen LogP contribution in [0.2, 0.25) is 0 Å². The van der Waals surface area contributed by atoms with Crippen molar-refractivity contribution in [1.29, 1.82) is 0 Å². The molecule has 3 N–H and O–H groups in total. The molecule has 0 bridgehead atoms. The Kier molecular flexibility index (Phi) is 4.76. The summed E-state index contributed by atoms with van der Waals surface area (Å²) >= 11 is 0. The molecule has 0 aliphatic carbocycles. The van der Waals surface area contributed by atoms with E-state index >= 15 is 0 Å². The third-order valence-electron chi connectivity index (χ3n) is 2.58. The van der Waals surface area contributed by atoms with Gasteiger partial charge in [0.05, 0.1) is 12.3 Å².